The summed E-state index contributed by atoms with van der Waals surface area (Å²) in [6.45, 7) is 5.52. The maximum Gasteiger partial charge on any atom is 0.0954 e. The Morgan fingerprint density at radius 3 is 3.00 bits per heavy atom. The average Bonchev–Trinajstić information content (AvgIpc) is 2.79. The molecule has 1 aromatic carbocycles. The van der Waals surface area contributed by atoms with E-state index >= 15 is 0 Å². The predicted octanol–water partition coefficient (Wildman–Crippen LogP) is 3.60. The number of piperidine rings is 1. The first kappa shape index (κ1) is 12.1. The fourth-order valence-electron chi connectivity index (χ4n) is 2.67. The predicted molar refractivity (Wildman–Crippen MR) is 78.4 cm³/mol. The second kappa shape index (κ2) is 4.98. The zero-order valence-corrected chi connectivity index (χ0v) is 11.9. The number of hydrogen-bond acceptors (Lipinski definition) is 3. The first-order valence-corrected chi connectivity index (χ1v) is 7.64. The van der Waals surface area contributed by atoms with Crippen LogP contribution in [0.3, 0.4) is 0 Å². The Labute approximate surface area is 112 Å². The maximum absolute atomic E-state index is 4.85. The van der Waals surface area contributed by atoms with Gasteiger partial charge in [-0.15, -0.1) is 11.3 Å². The molecule has 0 aliphatic carbocycles. The normalized spacial score (nSPS) is 20.4. The van der Waals surface area contributed by atoms with Crippen LogP contribution in [0.25, 0.3) is 10.2 Å². The van der Waals surface area contributed by atoms with Crippen LogP contribution in [0.2, 0.25) is 0 Å². The first-order valence-electron chi connectivity index (χ1n) is 6.83. The highest BCUT2D eigenvalue weighted by molar-refractivity contribution is 7.18. The Morgan fingerprint density at radius 1 is 1.33 bits per heavy atom. The molecule has 1 fully saturated rings. The topological polar surface area (TPSA) is 24.9 Å². The van der Waals surface area contributed by atoms with E-state index in [2.05, 4.69) is 31.3 Å². The van der Waals surface area contributed by atoms with E-state index in [0.717, 1.165) is 6.42 Å². The van der Waals surface area contributed by atoms with Gasteiger partial charge in [-0.05, 0) is 50.4 Å². The highest BCUT2D eigenvalue weighted by Gasteiger charge is 2.16. The van der Waals surface area contributed by atoms with Gasteiger partial charge in [-0.1, -0.05) is 12.5 Å². The molecule has 3 heteroatoms. The Bertz CT molecular complexity index is 553. The van der Waals surface area contributed by atoms with Crippen LogP contribution in [0.1, 0.15) is 35.4 Å². The van der Waals surface area contributed by atoms with E-state index in [1.165, 1.54) is 52.2 Å². The maximum atomic E-state index is 4.85. The Hall–Kier alpha value is -0.930. The lowest BCUT2D eigenvalue weighted by Crippen LogP contribution is -2.35. The van der Waals surface area contributed by atoms with Crippen LogP contribution < -0.4 is 5.32 Å². The third kappa shape index (κ3) is 2.29. The monoisotopic (exact) mass is 260 g/mol. The van der Waals surface area contributed by atoms with Crippen molar-refractivity contribution in [3.63, 3.8) is 0 Å². The minimum absolute atomic E-state index is 0.640. The van der Waals surface area contributed by atoms with Crippen molar-refractivity contribution in [2.45, 2.75) is 45.6 Å². The van der Waals surface area contributed by atoms with Crippen molar-refractivity contribution in [3.8, 4) is 0 Å². The van der Waals surface area contributed by atoms with Crippen LogP contribution in [0, 0.1) is 13.8 Å². The van der Waals surface area contributed by atoms with Crippen LogP contribution in [0.15, 0.2) is 12.1 Å². The van der Waals surface area contributed by atoms with Crippen molar-refractivity contribution in [2.24, 2.45) is 0 Å². The van der Waals surface area contributed by atoms with Gasteiger partial charge in [0, 0.05) is 12.5 Å². The third-order valence-electron chi connectivity index (χ3n) is 3.96. The summed E-state index contributed by atoms with van der Waals surface area (Å²) in [6.07, 6.45) is 5.08. The molecule has 3 rings (SSSR count). The summed E-state index contributed by atoms with van der Waals surface area (Å²) in [5.74, 6) is 0. The van der Waals surface area contributed by atoms with Crippen molar-refractivity contribution >= 4 is 21.6 Å². The van der Waals surface area contributed by atoms with Crippen molar-refractivity contribution < 1.29 is 0 Å². The number of benzene rings is 1. The molecule has 1 atom stereocenters. The number of thiazole rings is 1. The van der Waals surface area contributed by atoms with E-state index in [1.807, 2.05) is 11.3 Å². The molecule has 0 bridgehead atoms. The molecule has 1 N–H and O–H groups in total. The molecule has 0 spiro atoms. The molecular weight excluding hydrogens is 240 g/mol. The van der Waals surface area contributed by atoms with E-state index in [-0.39, 0.29) is 0 Å². The molecule has 2 nitrogen and oxygen atoms in total. The van der Waals surface area contributed by atoms with Crippen LogP contribution in [0.5, 0.6) is 0 Å². The van der Waals surface area contributed by atoms with E-state index in [4.69, 9.17) is 4.98 Å². The second-order valence-electron chi connectivity index (χ2n) is 5.31. The number of hydrogen-bond donors (Lipinski definition) is 1. The molecule has 0 saturated carbocycles. The third-order valence-corrected chi connectivity index (χ3v) is 5.01. The number of nitrogens with zero attached hydrogens (tertiary/aromatic N) is 1. The summed E-state index contributed by atoms with van der Waals surface area (Å²) in [6, 6.07) is 5.06. The molecule has 1 aromatic heterocycles. The molecule has 1 aliphatic heterocycles. The smallest absolute Gasteiger partial charge is 0.0954 e. The fourth-order valence-corrected chi connectivity index (χ4v) is 3.78. The molecule has 2 heterocycles. The number of nitrogens with one attached hydrogen (secondary N) is 1. The molecule has 0 amide bonds. The zero-order valence-electron chi connectivity index (χ0n) is 11.1. The highest BCUT2D eigenvalue weighted by atomic mass is 32.1. The molecule has 18 heavy (non-hydrogen) atoms. The van der Waals surface area contributed by atoms with Crippen molar-refractivity contribution in [2.75, 3.05) is 6.54 Å². The standard InChI is InChI=1S/C15H20N2S/c1-10-6-7-13-15(11(10)2)17-14(18-13)9-12-5-3-4-8-16-12/h6-7,12,16H,3-5,8-9H2,1-2H3. The van der Waals surface area contributed by atoms with E-state index in [9.17, 15) is 0 Å². The molecule has 2 aromatic rings. The molecule has 96 valence electrons. The summed E-state index contributed by atoms with van der Waals surface area (Å²) in [5.41, 5.74) is 3.90. The van der Waals surface area contributed by atoms with Gasteiger partial charge in [0.15, 0.2) is 0 Å². The van der Waals surface area contributed by atoms with Crippen molar-refractivity contribution in [1.29, 1.82) is 0 Å². The molecule has 1 aliphatic rings. The fraction of sp³-hybridized carbons (Fsp3) is 0.533. The molecule has 0 radical (unpaired) electrons. The minimum atomic E-state index is 0.640. The summed E-state index contributed by atoms with van der Waals surface area (Å²) in [7, 11) is 0. The molecule has 1 unspecified atom stereocenters. The van der Waals surface area contributed by atoms with Crippen molar-refractivity contribution in [3.05, 3.63) is 28.3 Å². The number of fused-ring (bicyclic) bond motifs is 1. The first-order chi connectivity index (χ1) is 8.74. The Kier molecular flexibility index (Phi) is 3.35. The average molecular weight is 260 g/mol. The van der Waals surface area contributed by atoms with Gasteiger partial charge in [-0.3, -0.25) is 0 Å². The summed E-state index contributed by atoms with van der Waals surface area (Å²) in [5, 5.41) is 4.89. The van der Waals surface area contributed by atoms with Crippen LogP contribution in [-0.4, -0.2) is 17.6 Å². The molecular formula is C15H20N2S. The summed E-state index contributed by atoms with van der Waals surface area (Å²) < 4.78 is 1.34. The van der Waals surface area contributed by atoms with Gasteiger partial charge in [0.25, 0.3) is 0 Å². The Balaban J connectivity index is 1.86. The van der Waals surface area contributed by atoms with Gasteiger partial charge in [0.2, 0.25) is 0 Å². The number of aromatic nitrogens is 1. The van der Waals surface area contributed by atoms with Gasteiger partial charge in [-0.25, -0.2) is 4.98 Å². The summed E-state index contributed by atoms with van der Waals surface area (Å²) >= 11 is 1.86. The Morgan fingerprint density at radius 2 is 2.22 bits per heavy atom. The quantitative estimate of drug-likeness (QED) is 0.892. The molecule has 1 saturated heterocycles. The lowest BCUT2D eigenvalue weighted by atomic mass is 10.0. The lowest BCUT2D eigenvalue weighted by Gasteiger charge is -2.22. The highest BCUT2D eigenvalue weighted by Crippen LogP contribution is 2.28. The van der Waals surface area contributed by atoms with Crippen molar-refractivity contribution in [1.82, 2.24) is 10.3 Å². The van der Waals surface area contributed by atoms with Crippen LogP contribution in [0.4, 0.5) is 0 Å². The summed E-state index contributed by atoms with van der Waals surface area (Å²) in [4.78, 5) is 4.85. The number of aryl methyl sites for hydroxylation is 2. The van der Waals surface area contributed by atoms with Crippen LogP contribution >= 0.6 is 11.3 Å². The largest absolute Gasteiger partial charge is 0.314 e. The lowest BCUT2D eigenvalue weighted by molar-refractivity contribution is 0.399. The SMILES string of the molecule is Cc1ccc2sc(CC3CCCCN3)nc2c1C. The van der Waals surface area contributed by atoms with Gasteiger partial charge < -0.3 is 5.32 Å². The number of rotatable bonds is 2. The minimum Gasteiger partial charge on any atom is -0.314 e. The van der Waals surface area contributed by atoms with Crippen LogP contribution in [-0.2, 0) is 6.42 Å². The second-order valence-corrected chi connectivity index (χ2v) is 6.43. The van der Waals surface area contributed by atoms with Gasteiger partial charge in [0.1, 0.15) is 0 Å². The van der Waals surface area contributed by atoms with Gasteiger partial charge in [0.05, 0.1) is 15.2 Å². The zero-order chi connectivity index (χ0) is 12.5. The van der Waals surface area contributed by atoms with Gasteiger partial charge in [-0.2, -0.15) is 0 Å². The van der Waals surface area contributed by atoms with E-state index in [0.29, 0.717) is 6.04 Å². The van der Waals surface area contributed by atoms with E-state index < -0.39 is 0 Å². The van der Waals surface area contributed by atoms with Gasteiger partial charge >= 0.3 is 0 Å². The van der Waals surface area contributed by atoms with E-state index in [1.54, 1.807) is 0 Å².